The van der Waals surface area contributed by atoms with Gasteiger partial charge in [0.15, 0.2) is 5.69 Å². The molecule has 0 bridgehead atoms. The van der Waals surface area contributed by atoms with E-state index in [0.717, 1.165) is 19.4 Å². The fourth-order valence-corrected chi connectivity index (χ4v) is 4.09. The minimum absolute atomic E-state index is 0.137. The van der Waals surface area contributed by atoms with Crippen molar-refractivity contribution in [1.29, 1.82) is 0 Å². The third kappa shape index (κ3) is 5.44. The molecule has 1 aliphatic rings. The smallest absolute Gasteiger partial charge is 0.274 e. The Kier molecular flexibility index (Phi) is 7.42. The van der Waals surface area contributed by atoms with E-state index in [1.54, 1.807) is 12.1 Å². The number of aromatic nitrogens is 2. The second kappa shape index (κ2) is 10.0. The Morgan fingerprint density at radius 3 is 2.69 bits per heavy atom. The van der Waals surface area contributed by atoms with Gasteiger partial charge in [-0.1, -0.05) is 38.5 Å². The van der Waals surface area contributed by atoms with Crippen LogP contribution in [-0.4, -0.2) is 46.3 Å². The van der Waals surface area contributed by atoms with Crippen molar-refractivity contribution >= 4 is 16.7 Å². The predicted molar refractivity (Wildman–Crippen MR) is 117 cm³/mol. The molecule has 1 amide bonds. The summed E-state index contributed by atoms with van der Waals surface area (Å²) in [6.45, 7) is 9.79. The van der Waals surface area contributed by atoms with Crippen LogP contribution >= 0.6 is 0 Å². The third-order valence-corrected chi connectivity index (χ3v) is 5.72. The number of fused-ring (bicyclic) bond motifs is 1. The zero-order valence-corrected chi connectivity index (χ0v) is 18.0. The number of carbonyl (C=O) groups is 1. The van der Waals surface area contributed by atoms with Crippen molar-refractivity contribution in [2.45, 2.75) is 65.5 Å². The zero-order chi connectivity index (χ0) is 20.8. The van der Waals surface area contributed by atoms with Crippen LogP contribution in [0.4, 0.5) is 0 Å². The minimum Gasteiger partial charge on any atom is -0.351 e. The van der Waals surface area contributed by atoms with E-state index in [2.05, 4.69) is 22.2 Å². The molecule has 2 aromatic rings. The fourth-order valence-electron chi connectivity index (χ4n) is 4.09. The third-order valence-electron chi connectivity index (χ3n) is 5.72. The maximum atomic E-state index is 12.8. The lowest BCUT2D eigenvalue weighted by Gasteiger charge is -2.33. The summed E-state index contributed by atoms with van der Waals surface area (Å²) in [6.07, 6.45) is 5.95. The number of nitrogens with zero attached hydrogens (tertiary/aromatic N) is 3. The van der Waals surface area contributed by atoms with Crippen molar-refractivity contribution in [3.05, 3.63) is 40.3 Å². The SMILES string of the molecule is CC(C)Cn1nc(C(=O)NCCCCN2CCCCC2C)c2ccccc2c1=O. The van der Waals surface area contributed by atoms with Crippen LogP contribution in [0.25, 0.3) is 10.8 Å². The molecule has 1 saturated heterocycles. The van der Waals surface area contributed by atoms with Crippen molar-refractivity contribution < 1.29 is 4.79 Å². The highest BCUT2D eigenvalue weighted by molar-refractivity contribution is 6.04. The molecule has 1 N–H and O–H groups in total. The Morgan fingerprint density at radius 2 is 1.97 bits per heavy atom. The van der Waals surface area contributed by atoms with Gasteiger partial charge in [0.05, 0.1) is 5.39 Å². The number of hydrogen-bond donors (Lipinski definition) is 1. The van der Waals surface area contributed by atoms with Gasteiger partial charge in [-0.3, -0.25) is 9.59 Å². The van der Waals surface area contributed by atoms with E-state index in [1.165, 1.54) is 30.5 Å². The number of unbranched alkanes of at least 4 members (excludes halogenated alkanes) is 1. The standard InChI is InChI=1S/C23H34N4O2/c1-17(2)16-27-23(29)20-12-5-4-11-19(20)21(25-27)22(28)24-13-7-9-15-26-14-8-6-10-18(26)3/h4-5,11-12,17-18H,6-10,13-16H2,1-3H3,(H,24,28). The monoisotopic (exact) mass is 398 g/mol. The first kappa shape index (κ1) is 21.5. The van der Waals surface area contributed by atoms with E-state index in [4.69, 9.17) is 0 Å². The number of likely N-dealkylation sites (tertiary alicyclic amines) is 1. The van der Waals surface area contributed by atoms with Gasteiger partial charge in [0.25, 0.3) is 11.5 Å². The van der Waals surface area contributed by atoms with Crippen molar-refractivity contribution in [3.63, 3.8) is 0 Å². The number of amides is 1. The molecule has 3 rings (SSSR count). The van der Waals surface area contributed by atoms with Gasteiger partial charge in [0, 0.05) is 24.5 Å². The van der Waals surface area contributed by atoms with Crippen LogP contribution < -0.4 is 10.9 Å². The number of carbonyl (C=O) groups excluding carboxylic acids is 1. The van der Waals surface area contributed by atoms with Gasteiger partial charge in [0.2, 0.25) is 0 Å². The lowest BCUT2D eigenvalue weighted by Crippen LogP contribution is -2.38. The molecule has 2 heterocycles. The normalized spacial score (nSPS) is 17.7. The van der Waals surface area contributed by atoms with Crippen LogP contribution in [0.5, 0.6) is 0 Å². The fraction of sp³-hybridized carbons (Fsp3) is 0.609. The first-order chi connectivity index (χ1) is 14.0. The average molecular weight is 399 g/mol. The van der Waals surface area contributed by atoms with Crippen molar-refractivity contribution in [3.8, 4) is 0 Å². The first-order valence-corrected chi connectivity index (χ1v) is 11.0. The largest absolute Gasteiger partial charge is 0.351 e. The topological polar surface area (TPSA) is 67.2 Å². The quantitative estimate of drug-likeness (QED) is 0.692. The highest BCUT2D eigenvalue weighted by atomic mass is 16.2. The van der Waals surface area contributed by atoms with Crippen LogP contribution in [-0.2, 0) is 6.54 Å². The van der Waals surface area contributed by atoms with E-state index in [1.807, 2.05) is 26.0 Å². The molecule has 158 valence electrons. The molecule has 1 fully saturated rings. The maximum absolute atomic E-state index is 12.8. The molecule has 1 aliphatic heterocycles. The van der Waals surface area contributed by atoms with Gasteiger partial charge >= 0.3 is 0 Å². The summed E-state index contributed by atoms with van der Waals surface area (Å²) in [6, 6.07) is 7.92. The molecule has 0 aliphatic carbocycles. The molecule has 1 unspecified atom stereocenters. The van der Waals surface area contributed by atoms with Crippen LogP contribution in [0.15, 0.2) is 29.1 Å². The predicted octanol–water partition coefficient (Wildman–Crippen LogP) is 3.44. The van der Waals surface area contributed by atoms with Gasteiger partial charge < -0.3 is 10.2 Å². The molecule has 29 heavy (non-hydrogen) atoms. The Morgan fingerprint density at radius 1 is 1.21 bits per heavy atom. The summed E-state index contributed by atoms with van der Waals surface area (Å²) in [7, 11) is 0. The Hall–Kier alpha value is -2.21. The first-order valence-electron chi connectivity index (χ1n) is 11.0. The summed E-state index contributed by atoms with van der Waals surface area (Å²) in [5.74, 6) is 0.0690. The minimum atomic E-state index is -0.204. The summed E-state index contributed by atoms with van der Waals surface area (Å²) in [4.78, 5) is 28.1. The average Bonchev–Trinajstić information content (AvgIpc) is 2.70. The van der Waals surface area contributed by atoms with E-state index in [9.17, 15) is 9.59 Å². The molecule has 0 saturated carbocycles. The van der Waals surface area contributed by atoms with E-state index < -0.39 is 0 Å². The molecule has 1 aromatic heterocycles. The van der Waals surface area contributed by atoms with Crippen molar-refractivity contribution in [2.75, 3.05) is 19.6 Å². The van der Waals surface area contributed by atoms with Gasteiger partial charge in [-0.15, -0.1) is 0 Å². The highest BCUT2D eigenvalue weighted by Gasteiger charge is 2.18. The van der Waals surface area contributed by atoms with Crippen LogP contribution in [0.3, 0.4) is 0 Å². The molecular weight excluding hydrogens is 364 g/mol. The summed E-state index contributed by atoms with van der Waals surface area (Å²) in [5, 5.41) is 8.58. The molecule has 0 radical (unpaired) electrons. The lowest BCUT2D eigenvalue weighted by atomic mass is 10.0. The lowest BCUT2D eigenvalue weighted by molar-refractivity contribution is 0.0945. The number of rotatable bonds is 8. The number of piperidine rings is 1. The van der Waals surface area contributed by atoms with Gasteiger partial charge in [0.1, 0.15) is 0 Å². The van der Waals surface area contributed by atoms with Crippen molar-refractivity contribution in [2.24, 2.45) is 5.92 Å². The van der Waals surface area contributed by atoms with Crippen molar-refractivity contribution in [1.82, 2.24) is 20.0 Å². The van der Waals surface area contributed by atoms with Crippen LogP contribution in [0, 0.1) is 5.92 Å². The summed E-state index contributed by atoms with van der Waals surface area (Å²) < 4.78 is 1.43. The Balaban J connectivity index is 1.62. The Labute approximate surface area is 173 Å². The zero-order valence-electron chi connectivity index (χ0n) is 18.0. The molecule has 0 spiro atoms. The highest BCUT2D eigenvalue weighted by Crippen LogP contribution is 2.17. The van der Waals surface area contributed by atoms with E-state index in [0.29, 0.717) is 35.6 Å². The second-order valence-electron chi connectivity index (χ2n) is 8.62. The van der Waals surface area contributed by atoms with Gasteiger partial charge in [-0.25, -0.2) is 4.68 Å². The summed E-state index contributed by atoms with van der Waals surface area (Å²) >= 11 is 0. The molecule has 1 aromatic carbocycles. The Bertz CT molecular complexity index is 890. The summed E-state index contributed by atoms with van der Waals surface area (Å²) in [5.41, 5.74) is 0.201. The van der Waals surface area contributed by atoms with E-state index >= 15 is 0 Å². The van der Waals surface area contributed by atoms with Crippen LogP contribution in [0.1, 0.15) is 63.4 Å². The number of benzene rings is 1. The van der Waals surface area contributed by atoms with Gasteiger partial charge in [-0.05, 0) is 57.7 Å². The van der Waals surface area contributed by atoms with Gasteiger partial charge in [-0.2, -0.15) is 5.10 Å². The molecular formula is C23H34N4O2. The van der Waals surface area contributed by atoms with E-state index in [-0.39, 0.29) is 17.4 Å². The number of nitrogens with one attached hydrogen (secondary N) is 1. The van der Waals surface area contributed by atoms with Crippen LogP contribution in [0.2, 0.25) is 0 Å². The maximum Gasteiger partial charge on any atom is 0.274 e. The second-order valence-corrected chi connectivity index (χ2v) is 8.62. The molecule has 6 heteroatoms. The molecule has 6 nitrogen and oxygen atoms in total. The molecule has 1 atom stereocenters. The number of hydrogen-bond acceptors (Lipinski definition) is 4.